The molecule has 0 aliphatic carbocycles. The molecule has 6 heteroatoms. The Morgan fingerprint density at radius 1 is 1.06 bits per heavy atom. The number of likely N-dealkylation sites (tertiary alicyclic amines) is 1. The lowest BCUT2D eigenvalue weighted by molar-refractivity contribution is 0.191. The minimum absolute atomic E-state index is 0.0604. The van der Waals surface area contributed by atoms with E-state index in [0.717, 1.165) is 53.4 Å². The molecule has 0 saturated carbocycles. The zero-order valence-electron chi connectivity index (χ0n) is 18.1. The standard InChI is InChI=1S/C26H26N4O2/c1-32-22-13-7-9-19(17-22)24-23-14-5-6-16-30(23)25(28-24)20-10-8-15-29(18-20)26(31)27-21-11-3-2-4-12-21/h2-7,9,11-14,16-17,20H,8,10,15,18H2,1H3,(H,27,31). The maximum atomic E-state index is 12.9. The zero-order valence-corrected chi connectivity index (χ0v) is 18.1. The summed E-state index contributed by atoms with van der Waals surface area (Å²) in [5.41, 5.74) is 3.83. The van der Waals surface area contributed by atoms with Crippen LogP contribution in [0.25, 0.3) is 16.8 Å². The first kappa shape index (κ1) is 20.1. The van der Waals surface area contributed by atoms with Crippen LogP contribution in [0.1, 0.15) is 24.6 Å². The lowest BCUT2D eigenvalue weighted by Gasteiger charge is -2.32. The number of hydrogen-bond acceptors (Lipinski definition) is 3. The molecule has 3 heterocycles. The fourth-order valence-corrected chi connectivity index (χ4v) is 4.43. The number of pyridine rings is 1. The minimum atomic E-state index is -0.0604. The third-order valence-corrected chi connectivity index (χ3v) is 6.02. The molecule has 162 valence electrons. The highest BCUT2D eigenvalue weighted by atomic mass is 16.5. The summed E-state index contributed by atoms with van der Waals surface area (Å²) in [6.45, 7) is 1.39. The van der Waals surface area contributed by atoms with Gasteiger partial charge in [0.15, 0.2) is 0 Å². The molecule has 6 nitrogen and oxygen atoms in total. The molecule has 0 radical (unpaired) electrons. The quantitative estimate of drug-likeness (QED) is 0.474. The molecule has 1 aliphatic heterocycles. The van der Waals surface area contributed by atoms with Gasteiger partial charge in [-0.1, -0.05) is 36.4 Å². The molecule has 1 aliphatic rings. The van der Waals surface area contributed by atoms with Gasteiger partial charge in [0.25, 0.3) is 0 Å². The van der Waals surface area contributed by atoms with Crippen molar-refractivity contribution in [3.8, 4) is 17.0 Å². The second-order valence-electron chi connectivity index (χ2n) is 8.09. The van der Waals surface area contributed by atoms with Crippen LogP contribution in [0.4, 0.5) is 10.5 Å². The number of carbonyl (C=O) groups excluding carboxylic acids is 1. The number of aromatic nitrogens is 2. The van der Waals surface area contributed by atoms with Gasteiger partial charge in [0.05, 0.1) is 18.3 Å². The summed E-state index contributed by atoms with van der Waals surface area (Å²) in [6.07, 6.45) is 4.01. The van der Waals surface area contributed by atoms with Crippen molar-refractivity contribution in [3.05, 3.63) is 84.8 Å². The molecule has 4 aromatic rings. The van der Waals surface area contributed by atoms with Gasteiger partial charge in [-0.05, 0) is 49.2 Å². The number of para-hydroxylation sites is 1. The number of rotatable bonds is 4. The Morgan fingerprint density at radius 3 is 2.75 bits per heavy atom. The van der Waals surface area contributed by atoms with E-state index in [9.17, 15) is 4.79 Å². The summed E-state index contributed by atoms with van der Waals surface area (Å²) in [7, 11) is 1.67. The number of urea groups is 1. The van der Waals surface area contributed by atoms with E-state index in [1.807, 2.05) is 65.6 Å². The van der Waals surface area contributed by atoms with E-state index < -0.39 is 0 Å². The van der Waals surface area contributed by atoms with Crippen molar-refractivity contribution >= 4 is 17.2 Å². The Labute approximate surface area is 187 Å². The summed E-state index contributed by atoms with van der Waals surface area (Å²) in [6, 6.07) is 23.7. The van der Waals surface area contributed by atoms with E-state index in [2.05, 4.69) is 28.0 Å². The van der Waals surface area contributed by atoms with Crippen molar-refractivity contribution in [3.63, 3.8) is 0 Å². The van der Waals surface area contributed by atoms with Crippen molar-refractivity contribution in [2.24, 2.45) is 0 Å². The zero-order chi connectivity index (χ0) is 21.9. The van der Waals surface area contributed by atoms with E-state index >= 15 is 0 Å². The van der Waals surface area contributed by atoms with Crippen LogP contribution in [0.15, 0.2) is 79.0 Å². The van der Waals surface area contributed by atoms with E-state index in [0.29, 0.717) is 6.54 Å². The number of ether oxygens (including phenoxy) is 1. The number of anilines is 1. The number of benzene rings is 2. The molecular weight excluding hydrogens is 400 g/mol. The number of piperidine rings is 1. The average molecular weight is 427 g/mol. The fraction of sp³-hybridized carbons (Fsp3) is 0.231. The van der Waals surface area contributed by atoms with Gasteiger partial charge in [0.2, 0.25) is 0 Å². The Hall–Kier alpha value is -3.80. The highest BCUT2D eigenvalue weighted by Gasteiger charge is 2.28. The van der Waals surface area contributed by atoms with Gasteiger partial charge < -0.3 is 19.4 Å². The first-order valence-electron chi connectivity index (χ1n) is 11.0. The van der Waals surface area contributed by atoms with Gasteiger partial charge in [-0.15, -0.1) is 0 Å². The molecule has 5 rings (SSSR count). The van der Waals surface area contributed by atoms with Crippen molar-refractivity contribution in [1.29, 1.82) is 0 Å². The second-order valence-corrected chi connectivity index (χ2v) is 8.09. The Bertz CT molecular complexity index is 1240. The van der Waals surface area contributed by atoms with Crippen LogP contribution in [-0.2, 0) is 0 Å². The van der Waals surface area contributed by atoms with Gasteiger partial charge in [-0.3, -0.25) is 0 Å². The Morgan fingerprint density at radius 2 is 1.91 bits per heavy atom. The van der Waals surface area contributed by atoms with E-state index in [4.69, 9.17) is 9.72 Å². The predicted molar refractivity (Wildman–Crippen MR) is 126 cm³/mol. The molecule has 0 spiro atoms. The molecule has 1 N–H and O–H groups in total. The third-order valence-electron chi connectivity index (χ3n) is 6.02. The normalized spacial score (nSPS) is 16.2. The molecule has 1 fully saturated rings. The highest BCUT2D eigenvalue weighted by Crippen LogP contribution is 2.33. The topological polar surface area (TPSA) is 58.9 Å². The lowest BCUT2D eigenvalue weighted by Crippen LogP contribution is -2.42. The maximum absolute atomic E-state index is 12.9. The van der Waals surface area contributed by atoms with Crippen molar-refractivity contribution in [1.82, 2.24) is 14.3 Å². The molecule has 2 amide bonds. The number of amides is 2. The van der Waals surface area contributed by atoms with Crippen LogP contribution < -0.4 is 10.1 Å². The third kappa shape index (κ3) is 3.91. The van der Waals surface area contributed by atoms with Gasteiger partial charge in [0, 0.05) is 36.5 Å². The number of imidazole rings is 1. The van der Waals surface area contributed by atoms with E-state index in [1.165, 1.54) is 0 Å². The molecular formula is C26H26N4O2. The van der Waals surface area contributed by atoms with Crippen LogP contribution in [0.2, 0.25) is 0 Å². The van der Waals surface area contributed by atoms with Crippen LogP contribution in [-0.4, -0.2) is 40.5 Å². The van der Waals surface area contributed by atoms with Crippen LogP contribution in [0.5, 0.6) is 5.75 Å². The van der Waals surface area contributed by atoms with Crippen LogP contribution >= 0.6 is 0 Å². The first-order valence-corrected chi connectivity index (χ1v) is 11.0. The summed E-state index contributed by atoms with van der Waals surface area (Å²) in [4.78, 5) is 19.9. The SMILES string of the molecule is COc1cccc(-c2nc(C3CCCN(C(=O)Nc4ccccc4)C3)n3ccccc23)c1. The van der Waals surface area contributed by atoms with Gasteiger partial charge in [0.1, 0.15) is 11.6 Å². The van der Waals surface area contributed by atoms with E-state index in [1.54, 1.807) is 7.11 Å². The minimum Gasteiger partial charge on any atom is -0.497 e. The van der Waals surface area contributed by atoms with Gasteiger partial charge in [-0.25, -0.2) is 9.78 Å². The summed E-state index contributed by atoms with van der Waals surface area (Å²) >= 11 is 0. The Balaban J connectivity index is 1.44. The van der Waals surface area contributed by atoms with E-state index in [-0.39, 0.29) is 11.9 Å². The summed E-state index contributed by atoms with van der Waals surface area (Å²) in [5.74, 6) is 1.97. The number of carbonyl (C=O) groups is 1. The monoisotopic (exact) mass is 426 g/mol. The molecule has 32 heavy (non-hydrogen) atoms. The van der Waals surface area contributed by atoms with Crippen molar-refractivity contribution < 1.29 is 9.53 Å². The predicted octanol–water partition coefficient (Wildman–Crippen LogP) is 5.42. The number of nitrogens with zero attached hydrogens (tertiary/aromatic N) is 3. The fourth-order valence-electron chi connectivity index (χ4n) is 4.43. The first-order chi connectivity index (χ1) is 15.7. The molecule has 0 bridgehead atoms. The van der Waals surface area contributed by atoms with Crippen molar-refractivity contribution in [2.45, 2.75) is 18.8 Å². The lowest BCUT2D eigenvalue weighted by atomic mass is 9.97. The number of methoxy groups -OCH3 is 1. The molecule has 2 aromatic carbocycles. The highest BCUT2D eigenvalue weighted by molar-refractivity contribution is 5.89. The largest absolute Gasteiger partial charge is 0.497 e. The number of nitrogens with one attached hydrogen (secondary N) is 1. The van der Waals surface area contributed by atoms with Gasteiger partial charge >= 0.3 is 6.03 Å². The number of fused-ring (bicyclic) bond motifs is 1. The summed E-state index contributed by atoms with van der Waals surface area (Å²) < 4.78 is 7.58. The van der Waals surface area contributed by atoms with Crippen molar-refractivity contribution in [2.75, 3.05) is 25.5 Å². The molecule has 1 atom stereocenters. The second kappa shape index (κ2) is 8.75. The number of hydrogen-bond donors (Lipinski definition) is 1. The molecule has 2 aromatic heterocycles. The smallest absolute Gasteiger partial charge is 0.321 e. The molecule has 1 unspecified atom stereocenters. The van der Waals surface area contributed by atoms with Crippen LogP contribution in [0.3, 0.4) is 0 Å². The Kier molecular flexibility index (Phi) is 5.50. The van der Waals surface area contributed by atoms with Gasteiger partial charge in [-0.2, -0.15) is 0 Å². The molecule has 1 saturated heterocycles. The summed E-state index contributed by atoms with van der Waals surface area (Å²) in [5, 5.41) is 3.01. The maximum Gasteiger partial charge on any atom is 0.321 e. The average Bonchev–Trinajstić information content (AvgIpc) is 3.25. The van der Waals surface area contributed by atoms with Crippen LogP contribution in [0, 0.1) is 0 Å².